The van der Waals surface area contributed by atoms with Gasteiger partial charge in [-0.25, -0.2) is 9.97 Å². The lowest BCUT2D eigenvalue weighted by Crippen LogP contribution is -2.48. The molecule has 2 aromatic carbocycles. The SMILES string of the molecule is Cl.Cl.Cl.O=C(O)CN1CCN(c2cnc(C(=O)Nc3ccc(-c4ccccc4)c(CN4CCC[C@H]4C(F)(F)F)c3)cn2)CC1. The van der Waals surface area contributed by atoms with Crippen molar-refractivity contribution in [2.24, 2.45) is 0 Å². The maximum Gasteiger partial charge on any atom is 0.404 e. The molecule has 3 heterocycles. The zero-order valence-corrected chi connectivity index (χ0v) is 26.0. The molecular weight excluding hydrogens is 644 g/mol. The molecule has 2 aliphatic rings. The molecule has 15 heteroatoms. The summed E-state index contributed by atoms with van der Waals surface area (Å²) < 4.78 is 40.9. The van der Waals surface area contributed by atoms with E-state index >= 15 is 0 Å². The minimum Gasteiger partial charge on any atom is -0.480 e. The Morgan fingerprint density at radius 2 is 1.64 bits per heavy atom. The van der Waals surface area contributed by atoms with Crippen LogP contribution in [0.25, 0.3) is 11.1 Å². The zero-order valence-electron chi connectivity index (χ0n) is 23.6. The number of carboxylic acid groups (broad SMARTS) is 1. The third kappa shape index (κ3) is 9.18. The van der Waals surface area contributed by atoms with Gasteiger partial charge in [0.15, 0.2) is 0 Å². The number of hydrogen-bond donors (Lipinski definition) is 2. The van der Waals surface area contributed by atoms with Gasteiger partial charge in [-0.1, -0.05) is 36.4 Å². The number of piperazine rings is 1. The van der Waals surface area contributed by atoms with Gasteiger partial charge in [-0.2, -0.15) is 13.2 Å². The van der Waals surface area contributed by atoms with E-state index in [1.165, 1.54) is 17.3 Å². The van der Waals surface area contributed by atoms with E-state index < -0.39 is 24.1 Å². The van der Waals surface area contributed by atoms with E-state index in [1.54, 1.807) is 12.1 Å². The van der Waals surface area contributed by atoms with Crippen LogP contribution >= 0.6 is 37.2 Å². The second-order valence-electron chi connectivity index (χ2n) is 10.3. The number of anilines is 2. The van der Waals surface area contributed by atoms with Gasteiger partial charge in [0.25, 0.3) is 5.91 Å². The molecule has 1 amide bonds. The number of carboxylic acids is 1. The van der Waals surface area contributed by atoms with Gasteiger partial charge in [-0.3, -0.25) is 19.4 Å². The van der Waals surface area contributed by atoms with Crippen molar-refractivity contribution < 1.29 is 27.9 Å². The van der Waals surface area contributed by atoms with Gasteiger partial charge in [0.1, 0.15) is 17.6 Å². The molecule has 1 atom stereocenters. The standard InChI is InChI=1S/C29H31F3N6O3.3ClH/c30-29(31,32)25-7-4-10-38(25)18-21-15-22(8-9-23(21)20-5-2-1-3-6-20)35-28(41)24-16-34-26(17-33-24)37-13-11-36(12-14-37)19-27(39)40;;;/h1-3,5-6,8-9,15-17,25H,4,7,10-14,18-19H2,(H,35,41)(H,39,40);3*1H/t25-;;;/m0.../s1. The van der Waals surface area contributed by atoms with E-state index in [0.717, 1.165) is 11.1 Å². The van der Waals surface area contributed by atoms with Crippen molar-refractivity contribution in [3.63, 3.8) is 0 Å². The summed E-state index contributed by atoms with van der Waals surface area (Å²) in [7, 11) is 0. The van der Waals surface area contributed by atoms with Gasteiger partial charge >= 0.3 is 12.1 Å². The molecule has 0 unspecified atom stereocenters. The Hall–Kier alpha value is -3.16. The number of amides is 1. The van der Waals surface area contributed by atoms with Crippen LogP contribution in [0.3, 0.4) is 0 Å². The number of benzene rings is 2. The van der Waals surface area contributed by atoms with Crippen molar-refractivity contribution in [2.45, 2.75) is 31.6 Å². The Balaban J connectivity index is 0.00000225. The van der Waals surface area contributed by atoms with Crippen LogP contribution in [0.15, 0.2) is 60.9 Å². The number of hydrogen-bond acceptors (Lipinski definition) is 7. The second kappa shape index (κ2) is 16.2. The Bertz CT molecular complexity index is 1380. The van der Waals surface area contributed by atoms with Gasteiger partial charge in [0.2, 0.25) is 0 Å². The Morgan fingerprint density at radius 3 is 2.25 bits per heavy atom. The minimum atomic E-state index is -4.30. The number of nitrogens with zero attached hydrogens (tertiary/aromatic N) is 5. The number of aliphatic carboxylic acids is 1. The largest absolute Gasteiger partial charge is 0.480 e. The molecule has 2 saturated heterocycles. The highest BCUT2D eigenvalue weighted by Gasteiger charge is 2.45. The molecule has 5 rings (SSSR count). The van der Waals surface area contributed by atoms with Gasteiger partial charge in [-0.15, -0.1) is 37.2 Å². The number of alkyl halides is 3. The minimum absolute atomic E-state index is 0. The summed E-state index contributed by atoms with van der Waals surface area (Å²) in [5.74, 6) is -0.754. The highest BCUT2D eigenvalue weighted by atomic mass is 35.5. The molecule has 0 spiro atoms. The molecule has 9 nitrogen and oxygen atoms in total. The van der Waals surface area contributed by atoms with Gasteiger partial charge < -0.3 is 15.3 Å². The summed E-state index contributed by atoms with van der Waals surface area (Å²) in [6.45, 7) is 2.80. The molecule has 240 valence electrons. The summed E-state index contributed by atoms with van der Waals surface area (Å²) in [6, 6.07) is 13.2. The summed E-state index contributed by atoms with van der Waals surface area (Å²) in [4.78, 5) is 37.8. The first-order valence-electron chi connectivity index (χ1n) is 13.5. The predicted molar refractivity (Wildman–Crippen MR) is 169 cm³/mol. The first-order chi connectivity index (χ1) is 19.7. The molecule has 0 bridgehead atoms. The molecule has 1 aromatic heterocycles. The van der Waals surface area contributed by atoms with Crippen molar-refractivity contribution in [3.05, 3.63) is 72.2 Å². The summed E-state index contributed by atoms with van der Waals surface area (Å²) >= 11 is 0. The lowest BCUT2D eigenvalue weighted by atomic mass is 9.98. The van der Waals surface area contributed by atoms with Crippen molar-refractivity contribution in [3.8, 4) is 11.1 Å². The average molecular weight is 678 g/mol. The van der Waals surface area contributed by atoms with Crippen LogP contribution in [0.5, 0.6) is 0 Å². The fourth-order valence-electron chi connectivity index (χ4n) is 5.43. The van der Waals surface area contributed by atoms with E-state index in [1.807, 2.05) is 46.2 Å². The molecule has 0 radical (unpaired) electrons. The second-order valence-corrected chi connectivity index (χ2v) is 10.3. The number of aromatic nitrogens is 2. The first-order valence-corrected chi connectivity index (χ1v) is 13.5. The maximum atomic E-state index is 13.6. The monoisotopic (exact) mass is 676 g/mol. The third-order valence-corrected chi connectivity index (χ3v) is 7.49. The Kier molecular flexibility index (Phi) is 13.7. The van der Waals surface area contributed by atoms with Crippen molar-refractivity contribution in [1.82, 2.24) is 19.8 Å². The van der Waals surface area contributed by atoms with Gasteiger partial charge in [0.05, 0.1) is 18.9 Å². The van der Waals surface area contributed by atoms with E-state index in [-0.39, 0.29) is 62.4 Å². The highest BCUT2D eigenvalue weighted by Crippen LogP contribution is 2.36. The van der Waals surface area contributed by atoms with E-state index in [9.17, 15) is 22.8 Å². The highest BCUT2D eigenvalue weighted by molar-refractivity contribution is 6.03. The Labute approximate surface area is 272 Å². The van der Waals surface area contributed by atoms with Crippen LogP contribution in [0.2, 0.25) is 0 Å². The quantitative estimate of drug-likeness (QED) is 0.327. The lowest BCUT2D eigenvalue weighted by Gasteiger charge is -2.34. The lowest BCUT2D eigenvalue weighted by molar-refractivity contribution is -0.177. The number of carbonyl (C=O) groups is 2. The topological polar surface area (TPSA) is 102 Å². The van der Waals surface area contributed by atoms with Crippen LogP contribution in [0.4, 0.5) is 24.7 Å². The maximum absolute atomic E-state index is 13.6. The average Bonchev–Trinajstić information content (AvgIpc) is 3.43. The van der Waals surface area contributed by atoms with Crippen molar-refractivity contribution >= 4 is 60.6 Å². The van der Waals surface area contributed by atoms with E-state index in [2.05, 4.69) is 15.3 Å². The molecular formula is C29H34Cl3F3N6O3. The fourth-order valence-corrected chi connectivity index (χ4v) is 5.43. The normalized spacial score (nSPS) is 17.2. The third-order valence-electron chi connectivity index (χ3n) is 7.49. The fraction of sp³-hybridized carbons (Fsp3) is 0.379. The van der Waals surface area contributed by atoms with Gasteiger partial charge in [0, 0.05) is 38.4 Å². The van der Waals surface area contributed by atoms with Crippen LogP contribution in [0.1, 0.15) is 28.9 Å². The van der Waals surface area contributed by atoms with Crippen LogP contribution < -0.4 is 10.2 Å². The molecule has 3 aromatic rings. The van der Waals surface area contributed by atoms with E-state index in [4.69, 9.17) is 5.11 Å². The van der Waals surface area contributed by atoms with Crippen LogP contribution in [0, 0.1) is 0 Å². The molecule has 44 heavy (non-hydrogen) atoms. The number of likely N-dealkylation sites (tertiary alicyclic amines) is 1. The van der Waals surface area contributed by atoms with Crippen LogP contribution in [-0.4, -0.2) is 88.2 Å². The molecule has 0 saturated carbocycles. The summed E-state index contributed by atoms with van der Waals surface area (Å²) in [5, 5.41) is 11.8. The van der Waals surface area contributed by atoms with Crippen molar-refractivity contribution in [1.29, 1.82) is 0 Å². The molecule has 2 fully saturated rings. The van der Waals surface area contributed by atoms with Gasteiger partial charge in [-0.05, 0) is 48.2 Å². The number of halogens is 6. The Morgan fingerprint density at radius 1 is 0.932 bits per heavy atom. The van der Waals surface area contributed by atoms with Crippen molar-refractivity contribution in [2.75, 3.05) is 49.5 Å². The number of nitrogens with one attached hydrogen (secondary N) is 1. The predicted octanol–water partition coefficient (Wildman–Crippen LogP) is 5.39. The molecule has 2 aliphatic heterocycles. The van der Waals surface area contributed by atoms with Crippen LogP contribution in [-0.2, 0) is 11.3 Å². The first kappa shape index (κ1) is 37.0. The smallest absolute Gasteiger partial charge is 0.404 e. The number of carbonyl (C=O) groups excluding carboxylic acids is 1. The summed E-state index contributed by atoms with van der Waals surface area (Å²) in [5.41, 5.74) is 2.93. The zero-order chi connectivity index (χ0) is 29.0. The summed E-state index contributed by atoms with van der Waals surface area (Å²) in [6.07, 6.45) is -0.852. The molecule has 2 N–H and O–H groups in total. The van der Waals surface area contributed by atoms with E-state index in [0.29, 0.717) is 56.2 Å². The molecule has 0 aliphatic carbocycles. The number of rotatable bonds is 8.